The van der Waals surface area contributed by atoms with E-state index in [9.17, 15) is 0 Å². The number of anilines is 2. The Hall–Kier alpha value is -3.36. The van der Waals surface area contributed by atoms with Crippen molar-refractivity contribution in [3.05, 3.63) is 72.0 Å². The lowest BCUT2D eigenvalue weighted by Crippen LogP contribution is -2.22. The number of benzene rings is 2. The molecule has 0 bridgehead atoms. The van der Waals surface area contributed by atoms with E-state index in [2.05, 4.69) is 60.2 Å². The van der Waals surface area contributed by atoms with Crippen LogP contribution in [0.4, 0.5) is 11.5 Å². The highest BCUT2D eigenvalue weighted by atomic mass is 35.5. The predicted octanol–water partition coefficient (Wildman–Crippen LogP) is 8.38. The molecule has 2 aromatic carbocycles. The minimum absolute atomic E-state index is 0.337. The molecule has 0 saturated heterocycles. The number of hydrogen-bond acceptors (Lipinski definition) is 7. The number of aromatic nitrogens is 6. The summed E-state index contributed by atoms with van der Waals surface area (Å²) in [6.07, 6.45) is 3.68. The van der Waals surface area contributed by atoms with E-state index < -0.39 is 16.1 Å². The van der Waals surface area contributed by atoms with Crippen LogP contribution < -0.4 is 5.32 Å². The van der Waals surface area contributed by atoms with E-state index in [-0.39, 0.29) is 0 Å². The molecule has 5 rings (SSSR count). The lowest BCUT2D eigenvalue weighted by atomic mass is 10.2. The Morgan fingerprint density at radius 2 is 1.57 bits per heavy atom. The number of nitrogens with zero attached hydrogens (tertiary/aromatic N) is 6. The van der Waals surface area contributed by atoms with Crippen molar-refractivity contribution in [2.75, 3.05) is 18.5 Å². The first-order valence-electron chi connectivity index (χ1n) is 15.0. The number of ether oxygens (including phenoxy) is 2. The molecule has 9 nitrogen and oxygen atoms in total. The molecular formula is C32H42ClN7O2Si2. The summed E-state index contributed by atoms with van der Waals surface area (Å²) < 4.78 is 16.2. The zero-order valence-electron chi connectivity index (χ0n) is 26.5. The van der Waals surface area contributed by atoms with Gasteiger partial charge in [0.05, 0.1) is 22.9 Å². The number of halogens is 1. The zero-order chi connectivity index (χ0) is 31.3. The number of hydrogen-bond donors (Lipinski definition) is 1. The van der Waals surface area contributed by atoms with Crippen LogP contribution in [0.1, 0.15) is 0 Å². The van der Waals surface area contributed by atoms with Gasteiger partial charge in [-0.1, -0.05) is 75.1 Å². The number of para-hydroxylation sites is 2. The summed E-state index contributed by atoms with van der Waals surface area (Å²) in [4.78, 5) is 14.3. The first kappa shape index (κ1) is 32.0. The fourth-order valence-corrected chi connectivity index (χ4v) is 6.24. The summed E-state index contributed by atoms with van der Waals surface area (Å²) in [6.45, 7) is 16.2. The van der Waals surface area contributed by atoms with Crippen LogP contribution in [0.3, 0.4) is 0 Å². The molecule has 1 N–H and O–H groups in total. The second-order valence-corrected chi connectivity index (χ2v) is 25.1. The van der Waals surface area contributed by atoms with Gasteiger partial charge in [0.25, 0.3) is 0 Å². The number of rotatable bonds is 14. The van der Waals surface area contributed by atoms with Crippen molar-refractivity contribution in [2.24, 2.45) is 0 Å². The Morgan fingerprint density at radius 1 is 0.841 bits per heavy atom. The largest absolute Gasteiger partial charge is 0.361 e. The van der Waals surface area contributed by atoms with E-state index in [1.165, 1.54) is 0 Å². The first-order valence-corrected chi connectivity index (χ1v) is 22.8. The van der Waals surface area contributed by atoms with E-state index in [4.69, 9.17) is 36.1 Å². The first-order chi connectivity index (χ1) is 20.9. The van der Waals surface area contributed by atoms with Crippen LogP contribution >= 0.6 is 11.6 Å². The lowest BCUT2D eigenvalue weighted by Gasteiger charge is -2.16. The standard InChI is InChI=1S/C32H42ClN7O2Si2/c1-43(2,3)18-16-41-22-39-21-27(35-29-14-15-34-31(37-29)24-10-9-11-25(33)20-24)30(38-39)32-36-26-12-7-8-13-28(26)40(32)23-42-17-19-44(4,5)6/h7-15,20-21H,16-19,22-23H2,1-6H3,(H,34,35,37). The van der Waals surface area contributed by atoms with Gasteiger partial charge in [-0.05, 0) is 42.4 Å². The minimum Gasteiger partial charge on any atom is -0.361 e. The molecule has 0 amide bonds. The van der Waals surface area contributed by atoms with Crippen molar-refractivity contribution in [1.82, 2.24) is 29.3 Å². The van der Waals surface area contributed by atoms with Gasteiger partial charge in [0.15, 0.2) is 17.3 Å². The molecule has 232 valence electrons. The monoisotopic (exact) mass is 647 g/mol. The third-order valence-corrected chi connectivity index (χ3v) is 10.7. The summed E-state index contributed by atoms with van der Waals surface area (Å²) in [6, 6.07) is 19.6. The van der Waals surface area contributed by atoms with Gasteiger partial charge in [0.1, 0.15) is 19.3 Å². The van der Waals surface area contributed by atoms with Crippen LogP contribution in [0.2, 0.25) is 56.4 Å². The van der Waals surface area contributed by atoms with Crippen LogP contribution in [0.5, 0.6) is 0 Å². The third-order valence-electron chi connectivity index (χ3n) is 7.07. The second kappa shape index (κ2) is 13.7. The lowest BCUT2D eigenvalue weighted by molar-refractivity contribution is 0.0786. The molecule has 5 aromatic rings. The molecule has 0 aliphatic heterocycles. The minimum atomic E-state index is -1.23. The Labute approximate surface area is 266 Å². The van der Waals surface area contributed by atoms with Crippen molar-refractivity contribution >= 4 is 50.3 Å². The zero-order valence-corrected chi connectivity index (χ0v) is 29.2. The summed E-state index contributed by atoms with van der Waals surface area (Å²) in [5, 5.41) is 9.09. The van der Waals surface area contributed by atoms with E-state index in [0.717, 1.165) is 34.4 Å². The number of imidazole rings is 1. The van der Waals surface area contributed by atoms with E-state index in [1.54, 1.807) is 6.20 Å². The average molecular weight is 648 g/mol. The third kappa shape index (κ3) is 8.63. The van der Waals surface area contributed by atoms with Crippen LogP contribution in [0, 0.1) is 0 Å². The van der Waals surface area contributed by atoms with Gasteiger partial charge in [-0.25, -0.2) is 19.6 Å². The Bertz CT molecular complexity index is 1710. The highest BCUT2D eigenvalue weighted by Gasteiger charge is 2.21. The highest BCUT2D eigenvalue weighted by Crippen LogP contribution is 2.32. The van der Waals surface area contributed by atoms with Crippen molar-refractivity contribution in [2.45, 2.75) is 64.8 Å². The van der Waals surface area contributed by atoms with Crippen molar-refractivity contribution in [1.29, 1.82) is 0 Å². The molecule has 0 radical (unpaired) electrons. The number of fused-ring (bicyclic) bond motifs is 1. The van der Waals surface area contributed by atoms with Gasteiger partial charge in [0.2, 0.25) is 0 Å². The van der Waals surface area contributed by atoms with Gasteiger partial charge < -0.3 is 14.8 Å². The maximum atomic E-state index is 6.24. The molecule has 0 saturated carbocycles. The van der Waals surface area contributed by atoms with Gasteiger partial charge in [-0.3, -0.25) is 4.57 Å². The molecule has 0 unspecified atom stereocenters. The Kier molecular flexibility index (Phi) is 10.0. The fourth-order valence-electron chi connectivity index (χ4n) is 4.53. The van der Waals surface area contributed by atoms with Crippen LogP contribution in [0.15, 0.2) is 67.0 Å². The van der Waals surface area contributed by atoms with Crippen LogP contribution in [-0.4, -0.2) is 58.7 Å². The van der Waals surface area contributed by atoms with Gasteiger partial charge in [-0.2, -0.15) is 5.10 Å². The Morgan fingerprint density at radius 3 is 2.30 bits per heavy atom. The average Bonchev–Trinajstić information content (AvgIpc) is 3.53. The smallest absolute Gasteiger partial charge is 0.165 e. The second-order valence-electron chi connectivity index (χ2n) is 13.4. The van der Waals surface area contributed by atoms with E-state index in [0.29, 0.717) is 54.9 Å². The summed E-state index contributed by atoms with van der Waals surface area (Å²) in [5.41, 5.74) is 4.16. The molecule has 44 heavy (non-hydrogen) atoms. The SMILES string of the molecule is C[Si](C)(C)CCOCn1cc(Nc2ccnc(-c3cccc(Cl)c3)n2)c(-c2nc3ccccc3n2COCC[Si](C)(C)C)n1. The number of nitrogens with one attached hydrogen (secondary N) is 1. The van der Waals surface area contributed by atoms with Gasteiger partial charge >= 0.3 is 0 Å². The van der Waals surface area contributed by atoms with Crippen LogP contribution in [0.25, 0.3) is 33.9 Å². The molecule has 0 aliphatic carbocycles. The molecule has 0 fully saturated rings. The molecule has 0 spiro atoms. The molecule has 3 heterocycles. The maximum absolute atomic E-state index is 6.24. The van der Waals surface area contributed by atoms with Gasteiger partial charge in [-0.15, -0.1) is 0 Å². The molecule has 3 aromatic heterocycles. The summed E-state index contributed by atoms with van der Waals surface area (Å²) in [7, 11) is -2.44. The topological polar surface area (TPSA) is 91.9 Å². The summed E-state index contributed by atoms with van der Waals surface area (Å²) in [5.74, 6) is 1.92. The van der Waals surface area contributed by atoms with Crippen molar-refractivity contribution in [3.63, 3.8) is 0 Å². The van der Waals surface area contributed by atoms with Crippen LogP contribution in [-0.2, 0) is 22.9 Å². The van der Waals surface area contributed by atoms with E-state index >= 15 is 0 Å². The fraction of sp³-hybridized carbons (Fsp3) is 0.375. The van der Waals surface area contributed by atoms with Gasteiger partial charge in [0, 0.05) is 46.1 Å². The molecule has 0 aliphatic rings. The van der Waals surface area contributed by atoms with E-state index in [1.807, 2.05) is 59.4 Å². The predicted molar refractivity (Wildman–Crippen MR) is 185 cm³/mol. The normalized spacial score (nSPS) is 12.2. The Balaban J connectivity index is 1.49. The highest BCUT2D eigenvalue weighted by molar-refractivity contribution is 6.76. The van der Waals surface area contributed by atoms with Crippen molar-refractivity contribution < 1.29 is 9.47 Å². The maximum Gasteiger partial charge on any atom is 0.165 e. The quantitative estimate of drug-likeness (QED) is 0.0956. The molecular weight excluding hydrogens is 606 g/mol. The summed E-state index contributed by atoms with van der Waals surface area (Å²) >= 11 is 6.24. The molecule has 12 heteroatoms. The van der Waals surface area contributed by atoms with Crippen molar-refractivity contribution in [3.8, 4) is 22.9 Å². The molecule has 0 atom stereocenters.